The summed E-state index contributed by atoms with van der Waals surface area (Å²) in [6.45, 7) is 0. The summed E-state index contributed by atoms with van der Waals surface area (Å²) in [5.41, 5.74) is 0.733. The molecule has 1 N–H and O–H groups in total. The van der Waals surface area contributed by atoms with Crippen molar-refractivity contribution in [1.29, 1.82) is 0 Å². The second-order valence-electron chi connectivity index (χ2n) is 4.23. The van der Waals surface area contributed by atoms with E-state index in [-0.39, 0.29) is 21.5 Å². The predicted octanol–water partition coefficient (Wildman–Crippen LogP) is 3.00. The van der Waals surface area contributed by atoms with Crippen LogP contribution in [0.2, 0.25) is 5.02 Å². The van der Waals surface area contributed by atoms with Gasteiger partial charge in [-0.1, -0.05) is 29.8 Å². The quantitative estimate of drug-likeness (QED) is 0.948. The fourth-order valence-corrected chi connectivity index (χ4v) is 2.43. The van der Waals surface area contributed by atoms with Crippen molar-refractivity contribution in [2.75, 3.05) is 11.6 Å². The van der Waals surface area contributed by atoms with Crippen molar-refractivity contribution >= 4 is 33.0 Å². The summed E-state index contributed by atoms with van der Waals surface area (Å²) in [6, 6.07) is 12.8. The van der Waals surface area contributed by atoms with Gasteiger partial charge in [-0.25, -0.2) is 8.42 Å². The summed E-state index contributed by atoms with van der Waals surface area (Å²) in [5.74, 6) is -0.349. The fourth-order valence-electron chi connectivity index (χ4n) is 1.61. The Labute approximate surface area is 122 Å². The maximum Gasteiger partial charge on any atom is 0.255 e. The summed E-state index contributed by atoms with van der Waals surface area (Å²) < 4.78 is 23.0. The molecule has 2 rings (SSSR count). The first-order valence-electron chi connectivity index (χ1n) is 5.74. The van der Waals surface area contributed by atoms with E-state index in [4.69, 9.17) is 11.6 Å². The highest BCUT2D eigenvalue weighted by molar-refractivity contribution is 7.90. The summed E-state index contributed by atoms with van der Waals surface area (Å²) in [4.78, 5) is 12.1. The molecule has 1 amide bonds. The lowest BCUT2D eigenvalue weighted by Crippen LogP contribution is -2.12. The Balaban J connectivity index is 2.32. The smallest absolute Gasteiger partial charge is 0.255 e. The highest BCUT2D eigenvalue weighted by atomic mass is 35.5. The van der Waals surface area contributed by atoms with E-state index in [0.717, 1.165) is 6.26 Å². The number of hydrogen-bond donors (Lipinski definition) is 1. The average molecular weight is 310 g/mol. The standard InChI is InChI=1S/C14H12ClNO3S/c1-20(18,19)11-7-8-12(15)13(9-11)16-14(17)10-5-3-2-4-6-10/h2-9H,1H3,(H,16,17). The van der Waals surface area contributed by atoms with Crippen LogP contribution in [-0.2, 0) is 9.84 Å². The van der Waals surface area contributed by atoms with Crippen LogP contribution in [0.3, 0.4) is 0 Å². The topological polar surface area (TPSA) is 63.2 Å². The van der Waals surface area contributed by atoms with Gasteiger partial charge in [0.1, 0.15) is 0 Å². The van der Waals surface area contributed by atoms with E-state index >= 15 is 0 Å². The Morgan fingerprint density at radius 1 is 1.10 bits per heavy atom. The molecule has 20 heavy (non-hydrogen) atoms. The lowest BCUT2D eigenvalue weighted by atomic mass is 10.2. The number of anilines is 1. The van der Waals surface area contributed by atoms with Crippen LogP contribution in [-0.4, -0.2) is 20.6 Å². The van der Waals surface area contributed by atoms with Gasteiger partial charge in [0.2, 0.25) is 0 Å². The number of carbonyl (C=O) groups excluding carboxylic acids is 1. The molecule has 0 radical (unpaired) electrons. The Hall–Kier alpha value is -1.85. The molecule has 4 nitrogen and oxygen atoms in total. The number of amides is 1. The zero-order valence-electron chi connectivity index (χ0n) is 10.6. The molecular formula is C14H12ClNO3S. The zero-order valence-corrected chi connectivity index (χ0v) is 12.2. The van der Waals surface area contributed by atoms with Gasteiger partial charge < -0.3 is 5.32 Å². The van der Waals surface area contributed by atoms with Crippen molar-refractivity contribution in [3.63, 3.8) is 0 Å². The molecule has 0 aliphatic carbocycles. The largest absolute Gasteiger partial charge is 0.321 e. The van der Waals surface area contributed by atoms with Gasteiger partial charge in [0.25, 0.3) is 5.91 Å². The molecular weight excluding hydrogens is 298 g/mol. The molecule has 0 fully saturated rings. The highest BCUT2D eigenvalue weighted by Gasteiger charge is 2.13. The molecule has 0 saturated heterocycles. The van der Waals surface area contributed by atoms with Gasteiger partial charge in [-0.05, 0) is 30.3 Å². The third-order valence-corrected chi connectivity index (χ3v) is 4.09. The maximum absolute atomic E-state index is 12.0. The summed E-state index contributed by atoms with van der Waals surface area (Å²) >= 11 is 5.97. The molecule has 2 aromatic carbocycles. The first-order valence-corrected chi connectivity index (χ1v) is 8.01. The number of sulfone groups is 1. The van der Waals surface area contributed by atoms with E-state index in [9.17, 15) is 13.2 Å². The van der Waals surface area contributed by atoms with Crippen LogP contribution in [0.25, 0.3) is 0 Å². The Bertz CT molecular complexity index is 742. The van der Waals surface area contributed by atoms with E-state index in [1.165, 1.54) is 18.2 Å². The molecule has 0 spiro atoms. The van der Waals surface area contributed by atoms with Crippen molar-refractivity contribution in [1.82, 2.24) is 0 Å². The number of nitrogens with one attached hydrogen (secondary N) is 1. The molecule has 0 saturated carbocycles. The maximum atomic E-state index is 12.0. The molecule has 6 heteroatoms. The molecule has 0 heterocycles. The minimum Gasteiger partial charge on any atom is -0.321 e. The van der Waals surface area contributed by atoms with Gasteiger partial charge in [-0.3, -0.25) is 4.79 Å². The first kappa shape index (κ1) is 14.6. The third-order valence-electron chi connectivity index (χ3n) is 2.65. The molecule has 0 aliphatic heterocycles. The van der Waals surface area contributed by atoms with E-state index in [1.54, 1.807) is 30.3 Å². The van der Waals surface area contributed by atoms with Gasteiger partial charge in [-0.2, -0.15) is 0 Å². The number of rotatable bonds is 3. The van der Waals surface area contributed by atoms with E-state index in [1.807, 2.05) is 0 Å². The summed E-state index contributed by atoms with van der Waals surface area (Å²) in [6.07, 6.45) is 1.10. The Morgan fingerprint density at radius 3 is 2.35 bits per heavy atom. The van der Waals surface area contributed by atoms with E-state index in [0.29, 0.717) is 5.56 Å². The monoisotopic (exact) mass is 309 g/mol. The minimum absolute atomic E-state index is 0.102. The van der Waals surface area contributed by atoms with Gasteiger partial charge in [0.15, 0.2) is 9.84 Å². The van der Waals surface area contributed by atoms with Crippen LogP contribution in [0.1, 0.15) is 10.4 Å². The van der Waals surface area contributed by atoms with Crippen LogP contribution in [0, 0.1) is 0 Å². The summed E-state index contributed by atoms with van der Waals surface area (Å²) in [5, 5.41) is 2.88. The molecule has 0 bridgehead atoms. The SMILES string of the molecule is CS(=O)(=O)c1ccc(Cl)c(NC(=O)c2ccccc2)c1. The van der Waals surface area contributed by atoms with Gasteiger partial charge >= 0.3 is 0 Å². The fraction of sp³-hybridized carbons (Fsp3) is 0.0714. The van der Waals surface area contributed by atoms with Crippen molar-refractivity contribution in [2.24, 2.45) is 0 Å². The van der Waals surface area contributed by atoms with Crippen LogP contribution in [0.4, 0.5) is 5.69 Å². The highest BCUT2D eigenvalue weighted by Crippen LogP contribution is 2.25. The first-order chi connectivity index (χ1) is 9.38. The van der Waals surface area contributed by atoms with Crippen molar-refractivity contribution in [3.8, 4) is 0 Å². The van der Waals surface area contributed by atoms with Crippen molar-refractivity contribution in [3.05, 3.63) is 59.1 Å². The van der Waals surface area contributed by atoms with Crippen LogP contribution < -0.4 is 5.32 Å². The number of benzene rings is 2. The molecule has 0 atom stereocenters. The zero-order chi connectivity index (χ0) is 14.8. The Kier molecular flexibility index (Phi) is 4.11. The van der Waals surface area contributed by atoms with Crippen molar-refractivity contribution < 1.29 is 13.2 Å². The predicted molar refractivity (Wildman–Crippen MR) is 79.0 cm³/mol. The number of hydrogen-bond acceptors (Lipinski definition) is 3. The van der Waals surface area contributed by atoms with Crippen LogP contribution in [0.15, 0.2) is 53.4 Å². The number of halogens is 1. The molecule has 0 unspecified atom stereocenters. The van der Waals surface area contributed by atoms with Crippen LogP contribution >= 0.6 is 11.6 Å². The number of carbonyl (C=O) groups is 1. The van der Waals surface area contributed by atoms with Gasteiger partial charge in [-0.15, -0.1) is 0 Å². The second kappa shape index (κ2) is 5.64. The minimum atomic E-state index is -3.35. The van der Waals surface area contributed by atoms with Crippen LogP contribution in [0.5, 0.6) is 0 Å². The summed E-state index contributed by atoms with van der Waals surface area (Å²) in [7, 11) is -3.35. The van der Waals surface area contributed by atoms with Crippen molar-refractivity contribution in [2.45, 2.75) is 4.90 Å². The average Bonchev–Trinajstić information content (AvgIpc) is 2.41. The van der Waals surface area contributed by atoms with Gasteiger partial charge in [0, 0.05) is 11.8 Å². The molecule has 0 aliphatic rings. The normalized spacial score (nSPS) is 11.1. The molecule has 0 aromatic heterocycles. The lowest BCUT2D eigenvalue weighted by molar-refractivity contribution is 0.102. The molecule has 104 valence electrons. The second-order valence-corrected chi connectivity index (χ2v) is 6.66. The van der Waals surface area contributed by atoms with Gasteiger partial charge in [0.05, 0.1) is 15.6 Å². The lowest BCUT2D eigenvalue weighted by Gasteiger charge is -2.09. The Morgan fingerprint density at radius 2 is 1.75 bits per heavy atom. The molecule has 2 aromatic rings. The van der Waals surface area contributed by atoms with E-state index in [2.05, 4.69) is 5.32 Å². The third kappa shape index (κ3) is 3.37. The van der Waals surface area contributed by atoms with E-state index < -0.39 is 9.84 Å².